The third kappa shape index (κ3) is 2.43. The number of pyridine rings is 2. The zero-order valence-corrected chi connectivity index (χ0v) is 12.7. The van der Waals surface area contributed by atoms with Gasteiger partial charge in [0.05, 0.1) is 12.7 Å². The van der Waals surface area contributed by atoms with E-state index in [4.69, 9.17) is 4.74 Å². The maximum Gasteiger partial charge on any atom is 0.339 e. The SMILES string of the molecule is CCc1cc(C(=O)OC)cnc1-c1nc2cc(C)ccn2n1. The predicted octanol–water partition coefficient (Wildman–Crippen LogP) is 2.45. The van der Waals surface area contributed by atoms with E-state index in [0.717, 1.165) is 23.2 Å². The van der Waals surface area contributed by atoms with E-state index in [-0.39, 0.29) is 0 Å². The van der Waals surface area contributed by atoms with E-state index in [1.807, 2.05) is 32.2 Å². The number of nitrogens with zero attached hydrogens (tertiary/aromatic N) is 4. The third-order valence-electron chi connectivity index (χ3n) is 3.47. The minimum Gasteiger partial charge on any atom is -0.465 e. The largest absolute Gasteiger partial charge is 0.465 e. The fourth-order valence-corrected chi connectivity index (χ4v) is 2.29. The second-order valence-electron chi connectivity index (χ2n) is 5.02. The summed E-state index contributed by atoms with van der Waals surface area (Å²) in [4.78, 5) is 20.5. The number of carbonyl (C=O) groups excluding carboxylic acids is 1. The number of esters is 1. The predicted molar refractivity (Wildman–Crippen MR) is 81.7 cm³/mol. The molecule has 3 heterocycles. The first-order chi connectivity index (χ1) is 10.6. The number of methoxy groups -OCH3 is 1. The molecule has 0 aliphatic carbocycles. The van der Waals surface area contributed by atoms with Gasteiger partial charge in [0.1, 0.15) is 5.69 Å². The van der Waals surface area contributed by atoms with Gasteiger partial charge in [0.2, 0.25) is 5.82 Å². The molecular formula is C16H16N4O2. The highest BCUT2D eigenvalue weighted by molar-refractivity contribution is 5.89. The number of carbonyl (C=O) groups is 1. The minimum absolute atomic E-state index is 0.396. The van der Waals surface area contributed by atoms with Crippen LogP contribution in [0.25, 0.3) is 17.2 Å². The van der Waals surface area contributed by atoms with E-state index in [2.05, 4.69) is 15.1 Å². The fraction of sp³-hybridized carbons (Fsp3) is 0.250. The molecule has 0 bridgehead atoms. The summed E-state index contributed by atoms with van der Waals surface area (Å²) in [5.74, 6) is 0.159. The Morgan fingerprint density at radius 1 is 1.36 bits per heavy atom. The number of aromatic nitrogens is 4. The van der Waals surface area contributed by atoms with Crippen molar-refractivity contribution < 1.29 is 9.53 Å². The highest BCUT2D eigenvalue weighted by Crippen LogP contribution is 2.21. The zero-order valence-electron chi connectivity index (χ0n) is 12.7. The van der Waals surface area contributed by atoms with E-state index in [0.29, 0.717) is 17.1 Å². The second kappa shape index (κ2) is 5.55. The molecule has 0 saturated carbocycles. The summed E-state index contributed by atoms with van der Waals surface area (Å²) in [6, 6.07) is 5.72. The Morgan fingerprint density at radius 2 is 2.18 bits per heavy atom. The molecule has 3 aromatic rings. The fourth-order valence-electron chi connectivity index (χ4n) is 2.29. The molecule has 0 aliphatic heterocycles. The molecule has 0 spiro atoms. The Hall–Kier alpha value is -2.76. The molecule has 112 valence electrons. The van der Waals surface area contributed by atoms with E-state index in [9.17, 15) is 4.79 Å². The lowest BCUT2D eigenvalue weighted by Crippen LogP contribution is -2.04. The number of hydrogen-bond acceptors (Lipinski definition) is 5. The Bertz CT molecular complexity index is 854. The summed E-state index contributed by atoms with van der Waals surface area (Å²) in [5.41, 5.74) is 3.93. The molecule has 0 aromatic carbocycles. The van der Waals surface area contributed by atoms with Gasteiger partial charge in [0.25, 0.3) is 0 Å². The van der Waals surface area contributed by atoms with Crippen molar-refractivity contribution in [1.29, 1.82) is 0 Å². The number of aryl methyl sites for hydroxylation is 2. The van der Waals surface area contributed by atoms with Crippen LogP contribution in [0.15, 0.2) is 30.6 Å². The van der Waals surface area contributed by atoms with E-state index >= 15 is 0 Å². The summed E-state index contributed by atoms with van der Waals surface area (Å²) in [6.45, 7) is 4.01. The molecule has 6 heteroatoms. The first-order valence-corrected chi connectivity index (χ1v) is 7.03. The molecule has 3 rings (SSSR count). The molecule has 0 N–H and O–H groups in total. The summed E-state index contributed by atoms with van der Waals surface area (Å²) >= 11 is 0. The number of ether oxygens (including phenoxy) is 1. The maximum atomic E-state index is 11.6. The lowest BCUT2D eigenvalue weighted by atomic mass is 10.1. The lowest BCUT2D eigenvalue weighted by Gasteiger charge is -2.05. The van der Waals surface area contributed by atoms with Crippen molar-refractivity contribution in [2.45, 2.75) is 20.3 Å². The average Bonchev–Trinajstić information content (AvgIpc) is 2.96. The van der Waals surface area contributed by atoms with E-state index in [1.54, 1.807) is 10.6 Å². The smallest absolute Gasteiger partial charge is 0.339 e. The zero-order chi connectivity index (χ0) is 15.7. The molecule has 0 radical (unpaired) electrons. The summed E-state index contributed by atoms with van der Waals surface area (Å²) in [5, 5.41) is 4.45. The Kier molecular flexibility index (Phi) is 3.58. The van der Waals surface area contributed by atoms with Gasteiger partial charge in [-0.3, -0.25) is 4.98 Å². The summed E-state index contributed by atoms with van der Waals surface area (Å²) in [7, 11) is 1.36. The molecule has 0 fully saturated rings. The van der Waals surface area contributed by atoms with Crippen LogP contribution in [0.2, 0.25) is 0 Å². The van der Waals surface area contributed by atoms with Crippen LogP contribution in [-0.4, -0.2) is 32.7 Å². The molecule has 22 heavy (non-hydrogen) atoms. The van der Waals surface area contributed by atoms with Crippen molar-refractivity contribution in [1.82, 2.24) is 19.6 Å². The van der Waals surface area contributed by atoms with Crippen LogP contribution in [0.5, 0.6) is 0 Å². The van der Waals surface area contributed by atoms with Crippen molar-refractivity contribution in [3.8, 4) is 11.5 Å². The summed E-state index contributed by atoms with van der Waals surface area (Å²) < 4.78 is 6.45. The van der Waals surface area contributed by atoms with Gasteiger partial charge in [-0.1, -0.05) is 6.92 Å². The van der Waals surface area contributed by atoms with Crippen molar-refractivity contribution in [3.63, 3.8) is 0 Å². The Labute approximate surface area is 127 Å². The van der Waals surface area contributed by atoms with Crippen LogP contribution in [0.3, 0.4) is 0 Å². The highest BCUT2D eigenvalue weighted by Gasteiger charge is 2.15. The molecule has 3 aromatic heterocycles. The minimum atomic E-state index is -0.396. The topological polar surface area (TPSA) is 69.4 Å². The molecule has 0 atom stereocenters. The van der Waals surface area contributed by atoms with Crippen molar-refractivity contribution in [2.24, 2.45) is 0 Å². The quantitative estimate of drug-likeness (QED) is 0.694. The van der Waals surface area contributed by atoms with E-state index < -0.39 is 5.97 Å². The third-order valence-corrected chi connectivity index (χ3v) is 3.47. The van der Waals surface area contributed by atoms with Crippen LogP contribution in [-0.2, 0) is 11.2 Å². The van der Waals surface area contributed by atoms with Crippen molar-refractivity contribution in [2.75, 3.05) is 7.11 Å². The first kappa shape index (κ1) is 14.2. The number of hydrogen-bond donors (Lipinski definition) is 0. The normalized spacial score (nSPS) is 10.9. The van der Waals surface area contributed by atoms with Crippen LogP contribution in [0.4, 0.5) is 0 Å². The number of fused-ring (bicyclic) bond motifs is 1. The number of rotatable bonds is 3. The molecule has 0 amide bonds. The van der Waals surface area contributed by atoms with Gasteiger partial charge in [-0.05, 0) is 42.7 Å². The summed E-state index contributed by atoms with van der Waals surface area (Å²) in [6.07, 6.45) is 4.09. The molecular weight excluding hydrogens is 280 g/mol. The molecule has 6 nitrogen and oxygen atoms in total. The Morgan fingerprint density at radius 3 is 2.91 bits per heavy atom. The van der Waals surface area contributed by atoms with Crippen LogP contribution < -0.4 is 0 Å². The van der Waals surface area contributed by atoms with Gasteiger partial charge < -0.3 is 4.74 Å². The highest BCUT2D eigenvalue weighted by atomic mass is 16.5. The second-order valence-corrected chi connectivity index (χ2v) is 5.02. The molecule has 0 aliphatic rings. The van der Waals surface area contributed by atoms with Gasteiger partial charge in [0, 0.05) is 12.4 Å². The maximum absolute atomic E-state index is 11.6. The average molecular weight is 296 g/mol. The van der Waals surface area contributed by atoms with Crippen molar-refractivity contribution >= 4 is 11.6 Å². The van der Waals surface area contributed by atoms with Crippen LogP contribution >= 0.6 is 0 Å². The standard InChI is InChI=1S/C16H16N4O2/c1-4-11-8-12(16(21)22-3)9-17-14(11)15-18-13-7-10(2)5-6-20(13)19-15/h5-9H,4H2,1-3H3. The van der Waals surface area contributed by atoms with Gasteiger partial charge in [0.15, 0.2) is 5.65 Å². The van der Waals surface area contributed by atoms with Gasteiger partial charge in [-0.2, -0.15) is 0 Å². The van der Waals surface area contributed by atoms with E-state index in [1.165, 1.54) is 13.3 Å². The molecule has 0 unspecified atom stereocenters. The van der Waals surface area contributed by atoms with Crippen LogP contribution in [0.1, 0.15) is 28.4 Å². The lowest BCUT2D eigenvalue weighted by molar-refractivity contribution is 0.0600. The first-order valence-electron chi connectivity index (χ1n) is 7.03. The van der Waals surface area contributed by atoms with Crippen LogP contribution in [0, 0.1) is 6.92 Å². The van der Waals surface area contributed by atoms with Gasteiger partial charge in [-0.15, -0.1) is 5.10 Å². The Balaban J connectivity index is 2.11. The molecule has 0 saturated heterocycles. The van der Waals surface area contributed by atoms with Gasteiger partial charge >= 0.3 is 5.97 Å². The monoisotopic (exact) mass is 296 g/mol. The van der Waals surface area contributed by atoms with Gasteiger partial charge in [-0.25, -0.2) is 14.3 Å². The van der Waals surface area contributed by atoms with Crippen molar-refractivity contribution in [3.05, 3.63) is 47.3 Å².